The van der Waals surface area contributed by atoms with Gasteiger partial charge >= 0.3 is 0 Å². The first kappa shape index (κ1) is 18.1. The van der Waals surface area contributed by atoms with Crippen LogP contribution in [0.15, 0.2) is 66.9 Å². The van der Waals surface area contributed by atoms with E-state index in [2.05, 4.69) is 9.97 Å². The van der Waals surface area contributed by atoms with Gasteiger partial charge in [-0.15, -0.1) is 0 Å². The maximum atomic E-state index is 13.7. The minimum Gasteiger partial charge on any atom is -0.497 e. The van der Waals surface area contributed by atoms with Crippen molar-refractivity contribution in [3.05, 3.63) is 83.9 Å². The second kappa shape index (κ2) is 7.74. The summed E-state index contributed by atoms with van der Waals surface area (Å²) >= 11 is 1.37. The molecular weight excluding hydrogens is 377 g/mol. The third-order valence-corrected chi connectivity index (χ3v) is 5.22. The lowest BCUT2D eigenvalue weighted by atomic mass is 10.2. The summed E-state index contributed by atoms with van der Waals surface area (Å²) in [5.41, 5.74) is 1.73. The number of nitrogens with zero attached hydrogens (tertiary/aromatic N) is 3. The molecule has 140 valence electrons. The largest absolute Gasteiger partial charge is 0.497 e. The van der Waals surface area contributed by atoms with E-state index in [0.717, 1.165) is 16.0 Å². The minimum absolute atomic E-state index is 0.229. The average molecular weight is 393 g/mol. The summed E-state index contributed by atoms with van der Waals surface area (Å²) in [6, 6.07) is 16.7. The lowest BCUT2D eigenvalue weighted by Gasteiger charge is -2.19. The Bertz CT molecular complexity index is 1130. The summed E-state index contributed by atoms with van der Waals surface area (Å²) in [5, 5.41) is 0.517. The first-order chi connectivity index (χ1) is 13.6. The van der Waals surface area contributed by atoms with Crippen LogP contribution in [0.5, 0.6) is 5.75 Å². The molecule has 4 rings (SSSR count). The summed E-state index contributed by atoms with van der Waals surface area (Å²) < 4.78 is 19.8. The molecule has 2 aromatic heterocycles. The van der Waals surface area contributed by atoms with Crippen molar-refractivity contribution in [1.82, 2.24) is 9.97 Å². The molecule has 0 spiro atoms. The Morgan fingerprint density at radius 3 is 2.79 bits per heavy atom. The number of carbonyl (C=O) groups is 1. The van der Waals surface area contributed by atoms with E-state index in [-0.39, 0.29) is 18.0 Å². The number of hydrogen-bond donors (Lipinski definition) is 0. The Balaban J connectivity index is 1.77. The SMILES string of the molecule is COc1ccc2nc(N(Cc3ccccn3)C(=O)c3cccc(F)c3)sc2c1. The molecule has 1 amide bonds. The summed E-state index contributed by atoms with van der Waals surface area (Å²) in [4.78, 5) is 23.6. The van der Waals surface area contributed by atoms with Crippen molar-refractivity contribution in [2.75, 3.05) is 12.0 Å². The molecule has 7 heteroatoms. The van der Waals surface area contributed by atoms with E-state index in [1.54, 1.807) is 19.4 Å². The summed E-state index contributed by atoms with van der Waals surface area (Å²) in [6.07, 6.45) is 1.67. The topological polar surface area (TPSA) is 55.3 Å². The molecule has 0 bridgehead atoms. The fourth-order valence-corrected chi connectivity index (χ4v) is 3.78. The summed E-state index contributed by atoms with van der Waals surface area (Å²) in [7, 11) is 1.60. The zero-order valence-electron chi connectivity index (χ0n) is 15.0. The number of halogens is 1. The molecule has 5 nitrogen and oxygen atoms in total. The minimum atomic E-state index is -0.460. The Labute approximate surface area is 165 Å². The van der Waals surface area contributed by atoms with E-state index in [4.69, 9.17) is 4.74 Å². The first-order valence-electron chi connectivity index (χ1n) is 8.56. The maximum Gasteiger partial charge on any atom is 0.260 e. The van der Waals surface area contributed by atoms with Crippen molar-refractivity contribution in [3.63, 3.8) is 0 Å². The normalized spacial score (nSPS) is 10.8. The number of aromatic nitrogens is 2. The van der Waals surface area contributed by atoms with Gasteiger partial charge in [0.2, 0.25) is 0 Å². The van der Waals surface area contributed by atoms with E-state index in [1.165, 1.54) is 34.4 Å². The molecule has 2 aromatic carbocycles. The van der Waals surface area contributed by atoms with Gasteiger partial charge < -0.3 is 4.74 Å². The van der Waals surface area contributed by atoms with Crippen molar-refractivity contribution in [1.29, 1.82) is 0 Å². The van der Waals surface area contributed by atoms with Gasteiger partial charge in [-0.1, -0.05) is 23.5 Å². The van der Waals surface area contributed by atoms with Gasteiger partial charge in [0.25, 0.3) is 5.91 Å². The van der Waals surface area contributed by atoms with E-state index < -0.39 is 5.82 Å². The van der Waals surface area contributed by atoms with Crippen molar-refractivity contribution in [2.24, 2.45) is 0 Å². The van der Waals surface area contributed by atoms with E-state index in [0.29, 0.717) is 10.8 Å². The van der Waals surface area contributed by atoms with Crippen LogP contribution in [-0.2, 0) is 6.54 Å². The highest BCUT2D eigenvalue weighted by Gasteiger charge is 2.22. The van der Waals surface area contributed by atoms with Crippen LogP contribution >= 0.6 is 11.3 Å². The van der Waals surface area contributed by atoms with Gasteiger partial charge in [-0.05, 0) is 48.5 Å². The zero-order valence-corrected chi connectivity index (χ0v) is 15.8. The smallest absolute Gasteiger partial charge is 0.260 e. The lowest BCUT2D eigenvalue weighted by molar-refractivity contribution is 0.0984. The van der Waals surface area contributed by atoms with Crippen LogP contribution in [0.1, 0.15) is 16.1 Å². The predicted octanol–water partition coefficient (Wildman–Crippen LogP) is 4.69. The molecule has 0 atom stereocenters. The molecule has 0 aliphatic heterocycles. The van der Waals surface area contributed by atoms with Gasteiger partial charge in [-0.3, -0.25) is 14.7 Å². The lowest BCUT2D eigenvalue weighted by Crippen LogP contribution is -2.30. The molecule has 2 heterocycles. The number of hydrogen-bond acceptors (Lipinski definition) is 5. The van der Waals surface area contributed by atoms with Crippen LogP contribution in [0.3, 0.4) is 0 Å². The molecular formula is C21H16FN3O2S. The molecule has 0 N–H and O–H groups in total. The number of thiazole rings is 1. The third kappa shape index (κ3) is 3.70. The monoisotopic (exact) mass is 393 g/mol. The highest BCUT2D eigenvalue weighted by molar-refractivity contribution is 7.22. The Kier molecular flexibility index (Phi) is 4.99. The predicted molar refractivity (Wildman–Crippen MR) is 107 cm³/mol. The van der Waals surface area contributed by atoms with Gasteiger partial charge in [-0.25, -0.2) is 9.37 Å². The fourth-order valence-electron chi connectivity index (χ4n) is 2.79. The van der Waals surface area contributed by atoms with Crippen molar-refractivity contribution >= 4 is 32.6 Å². The van der Waals surface area contributed by atoms with E-state index in [1.807, 2.05) is 36.4 Å². The second-order valence-electron chi connectivity index (χ2n) is 6.05. The molecule has 0 fully saturated rings. The number of fused-ring (bicyclic) bond motifs is 1. The maximum absolute atomic E-state index is 13.7. The molecule has 4 aromatic rings. The number of amides is 1. The number of anilines is 1. The summed E-state index contributed by atoms with van der Waals surface area (Å²) in [6.45, 7) is 0.229. The average Bonchev–Trinajstić information content (AvgIpc) is 3.15. The third-order valence-electron chi connectivity index (χ3n) is 4.18. The standard InChI is InChI=1S/C21H16FN3O2S/c1-27-17-8-9-18-19(12-17)28-21(24-18)25(13-16-7-2-3-10-23-16)20(26)14-5-4-6-15(22)11-14/h2-12H,13H2,1H3. The Morgan fingerprint density at radius 1 is 1.14 bits per heavy atom. The molecule has 0 aliphatic carbocycles. The number of rotatable bonds is 5. The summed E-state index contributed by atoms with van der Waals surface area (Å²) in [5.74, 6) is -0.0794. The van der Waals surface area contributed by atoms with Crippen molar-refractivity contribution in [2.45, 2.75) is 6.54 Å². The number of carbonyl (C=O) groups excluding carboxylic acids is 1. The molecule has 0 radical (unpaired) electrons. The molecule has 28 heavy (non-hydrogen) atoms. The van der Waals surface area contributed by atoms with Gasteiger partial charge in [0.05, 0.1) is 29.6 Å². The number of benzene rings is 2. The van der Waals surface area contributed by atoms with E-state index in [9.17, 15) is 9.18 Å². The zero-order chi connectivity index (χ0) is 19.5. The van der Waals surface area contributed by atoms with Crippen LogP contribution in [0.2, 0.25) is 0 Å². The van der Waals surface area contributed by atoms with Gasteiger partial charge in [-0.2, -0.15) is 0 Å². The molecule has 0 saturated carbocycles. The van der Waals surface area contributed by atoms with Crippen LogP contribution < -0.4 is 9.64 Å². The Morgan fingerprint density at radius 2 is 2.04 bits per heavy atom. The second-order valence-corrected chi connectivity index (χ2v) is 7.06. The van der Waals surface area contributed by atoms with Gasteiger partial charge in [0.15, 0.2) is 5.13 Å². The quantitative estimate of drug-likeness (QED) is 0.494. The number of methoxy groups -OCH3 is 1. The fraction of sp³-hybridized carbons (Fsp3) is 0.0952. The van der Waals surface area contributed by atoms with Crippen LogP contribution in [0.25, 0.3) is 10.2 Å². The highest BCUT2D eigenvalue weighted by Crippen LogP contribution is 2.33. The van der Waals surface area contributed by atoms with Gasteiger partial charge in [0, 0.05) is 11.8 Å². The van der Waals surface area contributed by atoms with Gasteiger partial charge in [0.1, 0.15) is 11.6 Å². The van der Waals surface area contributed by atoms with Crippen LogP contribution in [-0.4, -0.2) is 23.0 Å². The molecule has 0 aliphatic rings. The molecule has 0 unspecified atom stereocenters. The van der Waals surface area contributed by atoms with Crippen LogP contribution in [0, 0.1) is 5.82 Å². The first-order valence-corrected chi connectivity index (χ1v) is 9.37. The number of pyridine rings is 1. The van der Waals surface area contributed by atoms with Crippen molar-refractivity contribution in [3.8, 4) is 5.75 Å². The van der Waals surface area contributed by atoms with E-state index >= 15 is 0 Å². The highest BCUT2D eigenvalue weighted by atomic mass is 32.1. The molecule has 0 saturated heterocycles. The number of ether oxygens (including phenoxy) is 1. The van der Waals surface area contributed by atoms with Crippen molar-refractivity contribution < 1.29 is 13.9 Å². The Hall–Kier alpha value is -3.32. The van der Waals surface area contributed by atoms with Crippen LogP contribution in [0.4, 0.5) is 9.52 Å².